The molecule has 5 nitrogen and oxygen atoms in total. The van der Waals surface area contributed by atoms with Gasteiger partial charge in [-0.1, -0.05) is 32.1 Å². The first kappa shape index (κ1) is 25.3. The summed E-state index contributed by atoms with van der Waals surface area (Å²) < 4.78 is 21.1. The van der Waals surface area contributed by atoms with Crippen LogP contribution in [-0.4, -0.2) is 53.4 Å². The van der Waals surface area contributed by atoms with Crippen molar-refractivity contribution in [2.24, 2.45) is 11.3 Å². The van der Waals surface area contributed by atoms with Crippen molar-refractivity contribution in [3.8, 4) is 5.75 Å². The molecule has 4 rings (SSSR count). The minimum atomic E-state index is -1.23. The van der Waals surface area contributed by atoms with Gasteiger partial charge in [-0.05, 0) is 81.3 Å². The van der Waals surface area contributed by atoms with Gasteiger partial charge in [0.25, 0.3) is 0 Å². The number of aliphatic hydroxyl groups is 2. The normalized spacial score (nSPS) is 20.5. The van der Waals surface area contributed by atoms with Crippen molar-refractivity contribution in [1.82, 2.24) is 9.88 Å². The second kappa shape index (κ2) is 11.8. The Kier molecular flexibility index (Phi) is 8.78. The Morgan fingerprint density at radius 1 is 1.18 bits per heavy atom. The number of alkyl halides is 1. The molecule has 1 aromatic carbocycles. The highest BCUT2D eigenvalue weighted by molar-refractivity contribution is 5.85. The van der Waals surface area contributed by atoms with Crippen molar-refractivity contribution in [1.29, 1.82) is 0 Å². The van der Waals surface area contributed by atoms with E-state index in [1.54, 1.807) is 19.4 Å². The van der Waals surface area contributed by atoms with Crippen LogP contribution in [0.5, 0.6) is 5.75 Å². The number of halogens is 1. The largest absolute Gasteiger partial charge is 0.497 e. The Hall–Kier alpha value is -1.76. The van der Waals surface area contributed by atoms with Crippen LogP contribution in [0.4, 0.5) is 4.39 Å². The molecular formula is C28H41FN2O3. The van der Waals surface area contributed by atoms with E-state index in [0.29, 0.717) is 40.6 Å². The van der Waals surface area contributed by atoms with Crippen LogP contribution in [0.25, 0.3) is 10.9 Å². The predicted molar refractivity (Wildman–Crippen MR) is 134 cm³/mol. The number of ether oxygens (including phenoxy) is 1. The average molecular weight is 473 g/mol. The number of nitrogens with zero attached hydrogens (tertiary/aromatic N) is 2. The quantitative estimate of drug-likeness (QED) is 0.473. The van der Waals surface area contributed by atoms with Crippen molar-refractivity contribution < 1.29 is 19.3 Å². The Morgan fingerprint density at radius 2 is 1.94 bits per heavy atom. The number of aliphatic hydroxyl groups excluding tert-OH is 2. The molecule has 1 aliphatic heterocycles. The Labute approximate surface area is 203 Å². The van der Waals surface area contributed by atoms with Crippen LogP contribution in [0.3, 0.4) is 0 Å². The molecule has 0 amide bonds. The molecule has 1 saturated heterocycles. The van der Waals surface area contributed by atoms with Gasteiger partial charge in [0, 0.05) is 29.3 Å². The fourth-order valence-corrected chi connectivity index (χ4v) is 6.01. The topological polar surface area (TPSA) is 65.8 Å². The molecule has 2 fully saturated rings. The van der Waals surface area contributed by atoms with Gasteiger partial charge in [-0.3, -0.25) is 4.98 Å². The minimum Gasteiger partial charge on any atom is -0.497 e. The van der Waals surface area contributed by atoms with E-state index in [0.717, 1.165) is 38.4 Å². The molecule has 2 aliphatic rings. The summed E-state index contributed by atoms with van der Waals surface area (Å²) in [4.78, 5) is 6.93. The van der Waals surface area contributed by atoms with E-state index in [1.165, 1.54) is 38.5 Å². The third-order valence-corrected chi connectivity index (χ3v) is 8.44. The smallest absolute Gasteiger partial charge is 0.126 e. The van der Waals surface area contributed by atoms with Crippen LogP contribution in [0.2, 0.25) is 0 Å². The van der Waals surface area contributed by atoms with Crippen LogP contribution >= 0.6 is 0 Å². The monoisotopic (exact) mass is 472 g/mol. The average Bonchev–Trinajstić information content (AvgIpc) is 2.90. The first-order chi connectivity index (χ1) is 16.6. The maximum Gasteiger partial charge on any atom is 0.126 e. The van der Waals surface area contributed by atoms with Gasteiger partial charge in [0.1, 0.15) is 11.9 Å². The van der Waals surface area contributed by atoms with Crippen LogP contribution in [0, 0.1) is 11.3 Å². The number of aromatic nitrogens is 1. The predicted octanol–water partition coefficient (Wildman–Crippen LogP) is 5.57. The standard InChI is InChI=1S/C28H41FN2O3/c1-34-23-7-8-26-24(17-23)27(22(19-32)18-30-26)25(29)9-11-28(20-33)12-15-31(16-13-28)14-10-21-5-3-2-4-6-21/h7-8,17-18,21,25,32-33H,2-6,9-16,19-20H2,1H3/t25-/m0/s1. The summed E-state index contributed by atoms with van der Waals surface area (Å²) in [6, 6.07) is 5.44. The zero-order valence-electron chi connectivity index (χ0n) is 20.6. The van der Waals surface area contributed by atoms with Crippen LogP contribution in [0.15, 0.2) is 24.4 Å². The Morgan fingerprint density at radius 3 is 2.62 bits per heavy atom. The molecule has 0 radical (unpaired) electrons. The third-order valence-electron chi connectivity index (χ3n) is 8.44. The lowest BCUT2D eigenvalue weighted by atomic mass is 9.74. The first-order valence-electron chi connectivity index (χ1n) is 13.1. The minimum absolute atomic E-state index is 0.105. The number of benzene rings is 1. The van der Waals surface area contributed by atoms with E-state index in [1.807, 2.05) is 12.1 Å². The molecule has 2 aromatic rings. The number of fused-ring (bicyclic) bond motifs is 1. The second-order valence-electron chi connectivity index (χ2n) is 10.5. The second-order valence-corrected chi connectivity index (χ2v) is 10.5. The molecule has 1 saturated carbocycles. The summed E-state index contributed by atoms with van der Waals surface area (Å²) in [5, 5.41) is 20.8. The molecule has 1 aliphatic carbocycles. The van der Waals surface area contributed by atoms with Crippen LogP contribution in [-0.2, 0) is 6.61 Å². The number of hydrogen-bond acceptors (Lipinski definition) is 5. The molecule has 0 bridgehead atoms. The lowest BCUT2D eigenvalue weighted by Crippen LogP contribution is -2.42. The van der Waals surface area contributed by atoms with Gasteiger partial charge in [0.05, 0.1) is 19.2 Å². The van der Waals surface area contributed by atoms with E-state index >= 15 is 4.39 Å². The highest BCUT2D eigenvalue weighted by Gasteiger charge is 2.35. The van der Waals surface area contributed by atoms with Crippen LogP contribution in [0.1, 0.15) is 81.5 Å². The summed E-state index contributed by atoms with van der Waals surface area (Å²) in [5.41, 5.74) is 1.50. The van der Waals surface area contributed by atoms with E-state index in [2.05, 4.69) is 9.88 Å². The van der Waals surface area contributed by atoms with Gasteiger partial charge >= 0.3 is 0 Å². The van der Waals surface area contributed by atoms with Crippen molar-refractivity contribution in [2.75, 3.05) is 33.4 Å². The Bertz CT molecular complexity index is 918. The van der Waals surface area contributed by atoms with Crippen LogP contribution < -0.4 is 4.74 Å². The summed E-state index contributed by atoms with van der Waals surface area (Å²) in [5.74, 6) is 1.53. The van der Waals surface area contributed by atoms with E-state index in [4.69, 9.17) is 4.74 Å². The van der Waals surface area contributed by atoms with Gasteiger partial charge < -0.3 is 19.8 Å². The van der Waals surface area contributed by atoms with Crippen molar-refractivity contribution in [3.05, 3.63) is 35.5 Å². The molecular weight excluding hydrogens is 431 g/mol. The lowest BCUT2D eigenvalue weighted by molar-refractivity contribution is 0.0281. The molecule has 0 unspecified atom stereocenters. The Balaban J connectivity index is 1.38. The maximum atomic E-state index is 15.7. The fraction of sp³-hybridized carbons (Fsp3) is 0.679. The van der Waals surface area contributed by atoms with E-state index in [9.17, 15) is 10.2 Å². The van der Waals surface area contributed by atoms with E-state index in [-0.39, 0.29) is 18.6 Å². The molecule has 6 heteroatoms. The van der Waals surface area contributed by atoms with Gasteiger partial charge in [0.2, 0.25) is 0 Å². The first-order valence-corrected chi connectivity index (χ1v) is 13.1. The molecule has 1 aromatic heterocycles. The molecule has 2 N–H and O–H groups in total. The van der Waals surface area contributed by atoms with E-state index < -0.39 is 6.17 Å². The maximum absolute atomic E-state index is 15.7. The number of methoxy groups -OCH3 is 1. The zero-order chi connectivity index (χ0) is 24.0. The van der Waals surface area contributed by atoms with Gasteiger partial charge in [-0.2, -0.15) is 0 Å². The van der Waals surface area contributed by atoms with Gasteiger partial charge in [0.15, 0.2) is 0 Å². The molecule has 1 atom stereocenters. The van der Waals surface area contributed by atoms with Crippen molar-refractivity contribution in [2.45, 2.75) is 77.0 Å². The molecule has 0 spiro atoms. The summed E-state index contributed by atoms with van der Waals surface area (Å²) in [6.45, 7) is 2.98. The number of piperidine rings is 1. The summed E-state index contributed by atoms with van der Waals surface area (Å²) in [6.07, 6.45) is 11.4. The summed E-state index contributed by atoms with van der Waals surface area (Å²) in [7, 11) is 1.59. The third kappa shape index (κ3) is 5.89. The number of rotatable bonds is 10. The SMILES string of the molecule is COc1ccc2ncc(CO)c([C@@H](F)CCC3(CO)CCN(CCC4CCCCC4)CC3)c2c1. The lowest BCUT2D eigenvalue weighted by Gasteiger charge is -2.41. The number of hydrogen-bond donors (Lipinski definition) is 2. The molecule has 2 heterocycles. The zero-order valence-corrected chi connectivity index (χ0v) is 20.6. The summed E-state index contributed by atoms with van der Waals surface area (Å²) >= 11 is 0. The molecule has 188 valence electrons. The number of likely N-dealkylation sites (tertiary alicyclic amines) is 1. The number of pyridine rings is 1. The highest BCUT2D eigenvalue weighted by Crippen LogP contribution is 2.41. The van der Waals surface area contributed by atoms with Crippen molar-refractivity contribution in [3.63, 3.8) is 0 Å². The van der Waals surface area contributed by atoms with Gasteiger partial charge in [-0.15, -0.1) is 0 Å². The fourth-order valence-electron chi connectivity index (χ4n) is 6.01. The molecule has 34 heavy (non-hydrogen) atoms. The highest BCUT2D eigenvalue weighted by atomic mass is 19.1. The van der Waals surface area contributed by atoms with Gasteiger partial charge in [-0.25, -0.2) is 4.39 Å². The van der Waals surface area contributed by atoms with Crippen molar-refractivity contribution >= 4 is 10.9 Å².